The summed E-state index contributed by atoms with van der Waals surface area (Å²) in [4.78, 5) is 11.9. The van der Waals surface area contributed by atoms with Crippen molar-refractivity contribution >= 4 is 22.1 Å². The summed E-state index contributed by atoms with van der Waals surface area (Å²) in [5.41, 5.74) is 14.1. The highest BCUT2D eigenvalue weighted by atomic mass is 16.3. The Bertz CT molecular complexity index is 1130. The van der Waals surface area contributed by atoms with E-state index in [4.69, 9.17) is 15.9 Å². The number of nitrogens with two attached hydrogens (primary N) is 2. The number of nitrogens with one attached hydrogen (secondary N) is 1. The van der Waals surface area contributed by atoms with Crippen LogP contribution in [0.5, 0.6) is 0 Å². The lowest BCUT2D eigenvalue weighted by Crippen LogP contribution is -2.11. The Morgan fingerprint density at radius 3 is 2.56 bits per heavy atom. The van der Waals surface area contributed by atoms with Crippen LogP contribution in [0.25, 0.3) is 22.1 Å². The van der Waals surface area contributed by atoms with Crippen molar-refractivity contribution in [1.82, 2.24) is 10.2 Å². The van der Waals surface area contributed by atoms with Crippen molar-refractivity contribution in [3.05, 3.63) is 76.4 Å². The molecule has 0 spiro atoms. The van der Waals surface area contributed by atoms with Crippen LogP contribution >= 0.6 is 0 Å². The minimum atomic E-state index is -0.197. The fourth-order valence-corrected chi connectivity index (χ4v) is 2.83. The van der Waals surface area contributed by atoms with Crippen molar-refractivity contribution < 1.29 is 4.42 Å². The highest BCUT2D eigenvalue weighted by Gasteiger charge is 2.11. The molecular weight excluding hydrogens is 316 g/mol. The zero-order valence-corrected chi connectivity index (χ0v) is 13.3. The van der Waals surface area contributed by atoms with Crippen LogP contribution in [0.2, 0.25) is 0 Å². The number of fused-ring (bicyclic) bond motifs is 1. The standard InChI is InChI=1S/C19H16N4O2/c20-15-7-5-11(9-16(15)21)18-8-6-12(25-18)10-17-13-3-1-2-4-14(13)19(24)23-22-17/h1-9H,10,20-21H2,(H,23,24). The lowest BCUT2D eigenvalue weighted by atomic mass is 10.1. The molecule has 0 fully saturated rings. The number of aromatic amines is 1. The summed E-state index contributed by atoms with van der Waals surface area (Å²) in [6.45, 7) is 0. The molecule has 4 aromatic rings. The molecule has 0 bridgehead atoms. The van der Waals surface area contributed by atoms with E-state index >= 15 is 0 Å². The molecule has 0 amide bonds. The van der Waals surface area contributed by atoms with E-state index in [1.165, 1.54) is 0 Å². The van der Waals surface area contributed by atoms with Crippen molar-refractivity contribution in [1.29, 1.82) is 0 Å². The SMILES string of the molecule is Nc1ccc(-c2ccc(Cc3n[nH]c(=O)c4ccccc34)o2)cc1N. The van der Waals surface area contributed by atoms with Gasteiger partial charge in [-0.3, -0.25) is 4.79 Å². The number of H-pyrrole nitrogens is 1. The second-order valence-corrected chi connectivity index (χ2v) is 5.83. The number of nitrogen functional groups attached to an aromatic ring is 2. The van der Waals surface area contributed by atoms with Gasteiger partial charge in [0.25, 0.3) is 5.56 Å². The molecule has 2 aromatic heterocycles. The molecule has 0 saturated carbocycles. The quantitative estimate of drug-likeness (QED) is 0.500. The molecule has 0 aliphatic carbocycles. The molecule has 0 atom stereocenters. The molecule has 6 heteroatoms. The van der Waals surface area contributed by atoms with Gasteiger partial charge in [-0.15, -0.1) is 0 Å². The van der Waals surface area contributed by atoms with E-state index < -0.39 is 0 Å². The van der Waals surface area contributed by atoms with Crippen LogP contribution in [-0.4, -0.2) is 10.2 Å². The Labute approximate surface area is 143 Å². The van der Waals surface area contributed by atoms with E-state index in [2.05, 4.69) is 10.2 Å². The van der Waals surface area contributed by atoms with Gasteiger partial charge in [-0.2, -0.15) is 5.10 Å². The van der Waals surface area contributed by atoms with Gasteiger partial charge in [-0.05, 0) is 36.4 Å². The zero-order valence-electron chi connectivity index (χ0n) is 13.3. The highest BCUT2D eigenvalue weighted by Crippen LogP contribution is 2.28. The third-order valence-corrected chi connectivity index (χ3v) is 4.15. The minimum absolute atomic E-state index is 0.197. The van der Waals surface area contributed by atoms with Gasteiger partial charge < -0.3 is 15.9 Å². The van der Waals surface area contributed by atoms with Crippen LogP contribution in [0.4, 0.5) is 11.4 Å². The Hall–Kier alpha value is -3.54. The summed E-state index contributed by atoms with van der Waals surface area (Å²) in [6.07, 6.45) is 0.474. The van der Waals surface area contributed by atoms with Gasteiger partial charge in [0.2, 0.25) is 0 Å². The van der Waals surface area contributed by atoms with Gasteiger partial charge >= 0.3 is 0 Å². The summed E-state index contributed by atoms with van der Waals surface area (Å²) in [5.74, 6) is 1.45. The molecule has 0 saturated heterocycles. The summed E-state index contributed by atoms with van der Waals surface area (Å²) >= 11 is 0. The molecular formula is C19H16N4O2. The summed E-state index contributed by atoms with van der Waals surface area (Å²) < 4.78 is 5.92. The van der Waals surface area contributed by atoms with E-state index in [0.29, 0.717) is 28.9 Å². The van der Waals surface area contributed by atoms with Gasteiger partial charge in [0.15, 0.2) is 0 Å². The van der Waals surface area contributed by atoms with E-state index in [1.54, 1.807) is 18.2 Å². The number of benzene rings is 2. The van der Waals surface area contributed by atoms with Crippen LogP contribution in [0.1, 0.15) is 11.5 Å². The predicted octanol–water partition coefficient (Wildman–Crippen LogP) is 2.94. The smallest absolute Gasteiger partial charge is 0.272 e. The predicted molar refractivity (Wildman–Crippen MR) is 98.1 cm³/mol. The van der Waals surface area contributed by atoms with Crippen LogP contribution < -0.4 is 17.0 Å². The van der Waals surface area contributed by atoms with Gasteiger partial charge in [0, 0.05) is 10.9 Å². The van der Waals surface area contributed by atoms with Crippen LogP contribution in [0.3, 0.4) is 0 Å². The van der Waals surface area contributed by atoms with Gasteiger partial charge in [0.1, 0.15) is 11.5 Å². The molecule has 5 N–H and O–H groups in total. The second kappa shape index (κ2) is 5.83. The third kappa shape index (κ3) is 2.74. The molecule has 25 heavy (non-hydrogen) atoms. The van der Waals surface area contributed by atoms with Crippen molar-refractivity contribution in [3.63, 3.8) is 0 Å². The molecule has 0 unspecified atom stereocenters. The fraction of sp³-hybridized carbons (Fsp3) is 0.0526. The number of anilines is 2. The molecule has 124 valence electrons. The Kier molecular flexibility index (Phi) is 3.50. The number of hydrogen-bond acceptors (Lipinski definition) is 5. The first-order valence-corrected chi connectivity index (χ1v) is 7.82. The topological polar surface area (TPSA) is 111 Å². The van der Waals surface area contributed by atoms with Crippen LogP contribution in [0, 0.1) is 0 Å². The fourth-order valence-electron chi connectivity index (χ4n) is 2.83. The summed E-state index contributed by atoms with van der Waals surface area (Å²) in [7, 11) is 0. The zero-order chi connectivity index (χ0) is 17.4. The van der Waals surface area contributed by atoms with E-state index in [1.807, 2.05) is 36.4 Å². The molecule has 4 rings (SSSR count). The molecule has 0 radical (unpaired) electrons. The number of furan rings is 1. The van der Waals surface area contributed by atoms with Gasteiger partial charge in [0.05, 0.1) is 28.9 Å². The average molecular weight is 332 g/mol. The monoisotopic (exact) mass is 332 g/mol. The number of hydrogen-bond donors (Lipinski definition) is 3. The molecule has 6 nitrogen and oxygen atoms in total. The van der Waals surface area contributed by atoms with Crippen LogP contribution in [0.15, 0.2) is 63.8 Å². The summed E-state index contributed by atoms with van der Waals surface area (Å²) in [5, 5.41) is 8.15. The first-order chi connectivity index (χ1) is 12.1. The molecule has 2 aromatic carbocycles. The highest BCUT2D eigenvalue weighted by molar-refractivity contribution is 5.83. The first-order valence-electron chi connectivity index (χ1n) is 7.82. The lowest BCUT2D eigenvalue weighted by Gasteiger charge is -2.04. The maximum Gasteiger partial charge on any atom is 0.272 e. The summed E-state index contributed by atoms with van der Waals surface area (Å²) in [6, 6.07) is 16.6. The Morgan fingerprint density at radius 1 is 0.960 bits per heavy atom. The third-order valence-electron chi connectivity index (χ3n) is 4.15. The average Bonchev–Trinajstić information content (AvgIpc) is 3.09. The van der Waals surface area contributed by atoms with Crippen molar-refractivity contribution in [2.45, 2.75) is 6.42 Å². The van der Waals surface area contributed by atoms with Crippen LogP contribution in [-0.2, 0) is 6.42 Å². The number of rotatable bonds is 3. The largest absolute Gasteiger partial charge is 0.461 e. The Balaban J connectivity index is 1.69. The molecule has 0 aliphatic rings. The first kappa shape index (κ1) is 15.0. The van der Waals surface area contributed by atoms with E-state index in [-0.39, 0.29) is 5.56 Å². The van der Waals surface area contributed by atoms with Crippen molar-refractivity contribution in [2.24, 2.45) is 0 Å². The Morgan fingerprint density at radius 2 is 1.76 bits per heavy atom. The van der Waals surface area contributed by atoms with Crippen molar-refractivity contribution in [3.8, 4) is 11.3 Å². The maximum absolute atomic E-state index is 11.9. The van der Waals surface area contributed by atoms with Gasteiger partial charge in [-0.1, -0.05) is 18.2 Å². The van der Waals surface area contributed by atoms with Crippen molar-refractivity contribution in [2.75, 3.05) is 11.5 Å². The maximum atomic E-state index is 11.9. The number of nitrogens with zero attached hydrogens (tertiary/aromatic N) is 1. The molecule has 0 aliphatic heterocycles. The van der Waals surface area contributed by atoms with E-state index in [9.17, 15) is 4.79 Å². The number of aromatic nitrogens is 2. The normalized spacial score (nSPS) is 11.0. The molecule has 2 heterocycles. The second-order valence-electron chi connectivity index (χ2n) is 5.83. The van der Waals surface area contributed by atoms with Gasteiger partial charge in [-0.25, -0.2) is 5.10 Å². The minimum Gasteiger partial charge on any atom is -0.461 e. The lowest BCUT2D eigenvalue weighted by molar-refractivity contribution is 0.532. The van der Waals surface area contributed by atoms with E-state index in [0.717, 1.165) is 22.4 Å².